The van der Waals surface area contributed by atoms with Crippen molar-refractivity contribution in [3.63, 3.8) is 0 Å². The topological polar surface area (TPSA) is 35.5 Å². The van der Waals surface area contributed by atoms with Crippen molar-refractivity contribution in [2.24, 2.45) is 0 Å². The van der Waals surface area contributed by atoms with Gasteiger partial charge in [0.05, 0.1) is 6.61 Å². The molecule has 0 amide bonds. The first-order valence-electron chi connectivity index (χ1n) is 7.70. The van der Waals surface area contributed by atoms with Crippen LogP contribution in [-0.2, 0) is 0 Å². The lowest BCUT2D eigenvalue weighted by molar-refractivity contribution is 0.147. The van der Waals surface area contributed by atoms with Gasteiger partial charge in [0.1, 0.15) is 0 Å². The minimum absolute atomic E-state index is 0.109. The van der Waals surface area contributed by atoms with Crippen LogP contribution < -0.4 is 10.2 Å². The largest absolute Gasteiger partial charge is 0.394 e. The van der Waals surface area contributed by atoms with E-state index in [2.05, 4.69) is 62.3 Å². The Morgan fingerprint density at radius 2 is 2.05 bits per heavy atom. The van der Waals surface area contributed by atoms with Crippen LogP contribution in [0.2, 0.25) is 0 Å². The first kappa shape index (κ1) is 17.0. The van der Waals surface area contributed by atoms with Crippen LogP contribution in [0.25, 0.3) is 0 Å². The second-order valence-corrected chi connectivity index (χ2v) is 5.69. The van der Waals surface area contributed by atoms with E-state index in [1.54, 1.807) is 0 Å². The Morgan fingerprint density at radius 1 is 1.30 bits per heavy atom. The van der Waals surface area contributed by atoms with Gasteiger partial charge in [0, 0.05) is 24.8 Å². The molecule has 1 unspecified atom stereocenters. The van der Waals surface area contributed by atoms with E-state index in [1.807, 2.05) is 0 Å². The monoisotopic (exact) mass is 278 g/mol. The average molecular weight is 278 g/mol. The number of aryl methyl sites for hydroxylation is 1. The van der Waals surface area contributed by atoms with Gasteiger partial charge in [0.25, 0.3) is 0 Å². The molecule has 2 N–H and O–H groups in total. The van der Waals surface area contributed by atoms with Crippen LogP contribution in [0.1, 0.15) is 38.7 Å². The average Bonchev–Trinajstić information content (AvgIpc) is 2.46. The van der Waals surface area contributed by atoms with Gasteiger partial charge in [-0.25, -0.2) is 0 Å². The molecule has 0 spiro atoms. The minimum Gasteiger partial charge on any atom is -0.394 e. The molecule has 0 aromatic heterocycles. The fourth-order valence-corrected chi connectivity index (χ4v) is 2.66. The Hall–Kier alpha value is -1.06. The number of hydrogen-bond donors (Lipinski definition) is 2. The Bertz CT molecular complexity index is 388. The van der Waals surface area contributed by atoms with Crippen LogP contribution in [0.3, 0.4) is 0 Å². The third kappa shape index (κ3) is 4.80. The SMILES string of the molecule is CCNC(CC)(CO)CCCN(C)c1cccc(C)c1. The Labute approximate surface area is 124 Å². The first-order valence-corrected chi connectivity index (χ1v) is 7.70. The predicted molar refractivity (Wildman–Crippen MR) is 87.5 cm³/mol. The van der Waals surface area contributed by atoms with Crippen LogP contribution in [0, 0.1) is 6.92 Å². The van der Waals surface area contributed by atoms with Crippen molar-refractivity contribution in [2.75, 3.05) is 31.6 Å². The number of anilines is 1. The number of nitrogens with one attached hydrogen (secondary N) is 1. The summed E-state index contributed by atoms with van der Waals surface area (Å²) in [7, 11) is 2.13. The number of hydrogen-bond acceptors (Lipinski definition) is 3. The Balaban J connectivity index is 2.50. The van der Waals surface area contributed by atoms with Crippen LogP contribution in [-0.4, -0.2) is 37.4 Å². The second kappa shape index (κ2) is 8.28. The number of rotatable bonds is 9. The number of nitrogens with zero attached hydrogens (tertiary/aromatic N) is 1. The molecule has 0 radical (unpaired) electrons. The van der Waals surface area contributed by atoms with Crippen LogP contribution >= 0.6 is 0 Å². The van der Waals surface area contributed by atoms with Crippen molar-refractivity contribution in [2.45, 2.75) is 45.6 Å². The maximum absolute atomic E-state index is 9.65. The standard InChI is InChI=1S/C17H30N2O/c1-5-17(14-20,18-6-2)11-8-12-19(4)16-10-7-9-15(3)13-16/h7,9-10,13,18,20H,5-6,8,11-12,14H2,1-4H3. The maximum Gasteiger partial charge on any atom is 0.0613 e. The van der Waals surface area contributed by atoms with Gasteiger partial charge in [-0.2, -0.15) is 0 Å². The molecule has 1 rings (SSSR count). The Morgan fingerprint density at radius 3 is 2.60 bits per heavy atom. The van der Waals surface area contributed by atoms with Crippen molar-refractivity contribution >= 4 is 5.69 Å². The molecular formula is C17H30N2O. The third-order valence-electron chi connectivity index (χ3n) is 4.12. The highest BCUT2D eigenvalue weighted by atomic mass is 16.3. The van der Waals surface area contributed by atoms with Crippen molar-refractivity contribution < 1.29 is 5.11 Å². The van der Waals surface area contributed by atoms with E-state index < -0.39 is 0 Å². The lowest BCUT2D eigenvalue weighted by atomic mass is 9.91. The molecule has 0 heterocycles. The molecule has 3 heteroatoms. The summed E-state index contributed by atoms with van der Waals surface area (Å²) in [6, 6.07) is 8.58. The van der Waals surface area contributed by atoms with Gasteiger partial charge in [-0.3, -0.25) is 0 Å². The molecule has 3 nitrogen and oxygen atoms in total. The quantitative estimate of drug-likeness (QED) is 0.729. The molecule has 20 heavy (non-hydrogen) atoms. The summed E-state index contributed by atoms with van der Waals surface area (Å²) in [5.41, 5.74) is 2.45. The highest BCUT2D eigenvalue weighted by Gasteiger charge is 2.25. The molecule has 0 bridgehead atoms. The highest BCUT2D eigenvalue weighted by Crippen LogP contribution is 2.19. The molecule has 1 aromatic rings. The molecule has 1 aromatic carbocycles. The third-order valence-corrected chi connectivity index (χ3v) is 4.12. The summed E-state index contributed by atoms with van der Waals surface area (Å²) >= 11 is 0. The first-order chi connectivity index (χ1) is 9.56. The molecular weight excluding hydrogens is 248 g/mol. The van der Waals surface area contributed by atoms with Gasteiger partial charge in [-0.15, -0.1) is 0 Å². The van der Waals surface area contributed by atoms with E-state index in [-0.39, 0.29) is 12.1 Å². The Kier molecular flexibility index (Phi) is 7.03. The van der Waals surface area contributed by atoms with E-state index in [4.69, 9.17) is 0 Å². The van der Waals surface area contributed by atoms with Gasteiger partial charge in [0.2, 0.25) is 0 Å². The van der Waals surface area contributed by atoms with Crippen LogP contribution in [0.5, 0.6) is 0 Å². The molecule has 1 atom stereocenters. The van der Waals surface area contributed by atoms with E-state index in [1.165, 1.54) is 11.3 Å². The molecule has 0 fully saturated rings. The van der Waals surface area contributed by atoms with Crippen LogP contribution in [0.15, 0.2) is 24.3 Å². The van der Waals surface area contributed by atoms with Gasteiger partial charge < -0.3 is 15.3 Å². The summed E-state index contributed by atoms with van der Waals surface area (Å²) in [6.07, 6.45) is 3.04. The number of aliphatic hydroxyl groups excluding tert-OH is 1. The van der Waals surface area contributed by atoms with Gasteiger partial charge in [-0.05, 0) is 50.4 Å². The minimum atomic E-state index is -0.109. The summed E-state index contributed by atoms with van der Waals surface area (Å²) in [5.74, 6) is 0. The van der Waals surface area contributed by atoms with E-state index in [9.17, 15) is 5.11 Å². The molecule has 0 aliphatic heterocycles. The summed E-state index contributed by atoms with van der Waals surface area (Å²) in [5, 5.41) is 13.1. The number of likely N-dealkylation sites (N-methyl/N-ethyl adjacent to an activating group) is 1. The maximum atomic E-state index is 9.65. The smallest absolute Gasteiger partial charge is 0.0613 e. The molecule has 0 saturated heterocycles. The second-order valence-electron chi connectivity index (χ2n) is 5.69. The normalized spacial score (nSPS) is 14.1. The summed E-state index contributed by atoms with van der Waals surface area (Å²) < 4.78 is 0. The lowest BCUT2D eigenvalue weighted by Crippen LogP contribution is -2.48. The highest BCUT2D eigenvalue weighted by molar-refractivity contribution is 5.47. The molecule has 0 aliphatic rings. The van der Waals surface area contributed by atoms with E-state index in [0.29, 0.717) is 0 Å². The zero-order chi connectivity index (χ0) is 15.0. The number of benzene rings is 1. The van der Waals surface area contributed by atoms with E-state index in [0.717, 1.165) is 32.4 Å². The van der Waals surface area contributed by atoms with Gasteiger partial charge in [-0.1, -0.05) is 26.0 Å². The summed E-state index contributed by atoms with van der Waals surface area (Å²) in [4.78, 5) is 2.29. The van der Waals surface area contributed by atoms with Gasteiger partial charge >= 0.3 is 0 Å². The molecule has 0 saturated carbocycles. The zero-order valence-corrected chi connectivity index (χ0v) is 13.4. The molecule has 0 aliphatic carbocycles. The van der Waals surface area contributed by atoms with Crippen molar-refractivity contribution in [1.29, 1.82) is 0 Å². The fraction of sp³-hybridized carbons (Fsp3) is 0.647. The fourth-order valence-electron chi connectivity index (χ4n) is 2.66. The summed E-state index contributed by atoms with van der Waals surface area (Å²) in [6.45, 7) is 8.49. The number of aliphatic hydroxyl groups is 1. The molecule has 114 valence electrons. The predicted octanol–water partition coefficient (Wildman–Crippen LogP) is 2.96. The van der Waals surface area contributed by atoms with E-state index >= 15 is 0 Å². The zero-order valence-electron chi connectivity index (χ0n) is 13.4. The van der Waals surface area contributed by atoms with Crippen LogP contribution in [0.4, 0.5) is 5.69 Å². The lowest BCUT2D eigenvalue weighted by Gasteiger charge is -2.32. The van der Waals surface area contributed by atoms with Gasteiger partial charge in [0.15, 0.2) is 0 Å². The van der Waals surface area contributed by atoms with Crippen molar-refractivity contribution in [1.82, 2.24) is 5.32 Å². The van der Waals surface area contributed by atoms with Crippen molar-refractivity contribution in [3.05, 3.63) is 29.8 Å². The van der Waals surface area contributed by atoms with Crippen molar-refractivity contribution in [3.8, 4) is 0 Å².